The summed E-state index contributed by atoms with van der Waals surface area (Å²) in [4.78, 5) is 8.87. The van der Waals surface area contributed by atoms with Gasteiger partial charge in [-0.2, -0.15) is 0 Å². The molecule has 2 aromatic heterocycles. The zero-order valence-corrected chi connectivity index (χ0v) is 12.7. The molecule has 0 radical (unpaired) electrons. The smallest absolute Gasteiger partial charge is 0.157 e. The van der Waals surface area contributed by atoms with E-state index in [0.717, 1.165) is 34.9 Å². The average Bonchev–Trinajstić information content (AvgIpc) is 2.99. The maximum absolute atomic E-state index is 6.28. The van der Waals surface area contributed by atoms with Gasteiger partial charge in [0.2, 0.25) is 0 Å². The van der Waals surface area contributed by atoms with Crippen LogP contribution in [0.5, 0.6) is 0 Å². The van der Waals surface area contributed by atoms with Gasteiger partial charge in [-0.25, -0.2) is 9.97 Å². The molecule has 4 rings (SSSR count). The zero-order valence-electron chi connectivity index (χ0n) is 11.9. The summed E-state index contributed by atoms with van der Waals surface area (Å²) in [5.41, 5.74) is 4.05. The molecule has 22 heavy (non-hydrogen) atoms. The highest BCUT2D eigenvalue weighted by Crippen LogP contribution is 2.28. The Labute approximate surface area is 133 Å². The summed E-state index contributed by atoms with van der Waals surface area (Å²) >= 11 is 6.28. The lowest BCUT2D eigenvalue weighted by atomic mass is 10.1. The number of hydrogen-bond acceptors (Lipinski definition) is 2. The number of fused-ring (bicyclic) bond motifs is 3. The number of halogens is 1. The van der Waals surface area contributed by atoms with Gasteiger partial charge in [0.05, 0.1) is 17.4 Å². The summed E-state index contributed by atoms with van der Waals surface area (Å²) in [5, 5.41) is 1.56. The van der Waals surface area contributed by atoms with E-state index in [1.807, 2.05) is 30.6 Å². The van der Waals surface area contributed by atoms with Crippen molar-refractivity contribution in [1.82, 2.24) is 14.5 Å². The number of para-hydroxylation sites is 1. The number of benzene rings is 2. The molecule has 4 heteroatoms. The molecule has 0 bridgehead atoms. The first-order chi connectivity index (χ1) is 10.8. The van der Waals surface area contributed by atoms with Gasteiger partial charge in [-0.3, -0.25) is 0 Å². The molecule has 0 N–H and O–H groups in total. The average molecular weight is 308 g/mol. The fraction of sp³-hybridized carbons (Fsp3) is 0.111. The van der Waals surface area contributed by atoms with Crippen LogP contribution in [-0.2, 0) is 13.0 Å². The fourth-order valence-electron chi connectivity index (χ4n) is 2.81. The Hall–Kier alpha value is -2.39. The molecule has 0 fully saturated rings. The van der Waals surface area contributed by atoms with Crippen molar-refractivity contribution in [2.75, 3.05) is 0 Å². The van der Waals surface area contributed by atoms with E-state index in [2.05, 4.69) is 44.9 Å². The van der Waals surface area contributed by atoms with Crippen LogP contribution in [0.25, 0.3) is 21.9 Å². The second-order valence-electron chi connectivity index (χ2n) is 5.29. The SMILES string of the molecule is Clc1nc2ccccc2c2c1ncn2CCc1ccccc1. The molecule has 0 atom stereocenters. The number of aromatic nitrogens is 3. The van der Waals surface area contributed by atoms with Crippen molar-refractivity contribution in [3.63, 3.8) is 0 Å². The maximum Gasteiger partial charge on any atom is 0.157 e. The molecule has 4 aromatic rings. The number of pyridine rings is 1. The third kappa shape index (κ3) is 2.24. The van der Waals surface area contributed by atoms with Crippen LogP contribution in [0.4, 0.5) is 0 Å². The van der Waals surface area contributed by atoms with E-state index in [1.165, 1.54) is 5.56 Å². The van der Waals surface area contributed by atoms with Gasteiger partial charge in [-0.1, -0.05) is 60.1 Å². The molecule has 108 valence electrons. The highest BCUT2D eigenvalue weighted by Gasteiger charge is 2.12. The van der Waals surface area contributed by atoms with E-state index in [9.17, 15) is 0 Å². The first-order valence-corrected chi connectivity index (χ1v) is 7.64. The van der Waals surface area contributed by atoms with Crippen molar-refractivity contribution < 1.29 is 0 Å². The lowest BCUT2D eigenvalue weighted by Gasteiger charge is -2.07. The van der Waals surface area contributed by atoms with Crippen LogP contribution < -0.4 is 0 Å². The monoisotopic (exact) mass is 307 g/mol. The largest absolute Gasteiger partial charge is 0.330 e. The first kappa shape index (κ1) is 13.3. The Morgan fingerprint density at radius 2 is 1.73 bits per heavy atom. The van der Waals surface area contributed by atoms with E-state index in [0.29, 0.717) is 5.15 Å². The predicted octanol–water partition coefficient (Wildman–Crippen LogP) is 4.48. The maximum atomic E-state index is 6.28. The highest BCUT2D eigenvalue weighted by atomic mass is 35.5. The molecule has 0 spiro atoms. The topological polar surface area (TPSA) is 30.7 Å². The van der Waals surface area contributed by atoms with Crippen LogP contribution in [0.2, 0.25) is 5.15 Å². The van der Waals surface area contributed by atoms with Gasteiger partial charge < -0.3 is 4.57 Å². The second kappa shape index (κ2) is 5.43. The summed E-state index contributed by atoms with van der Waals surface area (Å²) in [7, 11) is 0. The molecular formula is C18H14ClN3. The molecule has 0 saturated carbocycles. The van der Waals surface area contributed by atoms with Crippen LogP contribution in [0.15, 0.2) is 60.9 Å². The standard InChI is InChI=1S/C18H14ClN3/c19-18-16-17(14-8-4-5-9-15(14)21-18)22(12-20-16)11-10-13-6-2-1-3-7-13/h1-9,12H,10-11H2. The van der Waals surface area contributed by atoms with Gasteiger partial charge in [-0.05, 0) is 18.1 Å². The van der Waals surface area contributed by atoms with Crippen molar-refractivity contribution >= 4 is 33.5 Å². The van der Waals surface area contributed by atoms with Gasteiger partial charge in [0, 0.05) is 11.9 Å². The minimum absolute atomic E-state index is 0.465. The Balaban J connectivity index is 1.81. The molecule has 2 aromatic carbocycles. The fourth-order valence-corrected chi connectivity index (χ4v) is 3.04. The minimum atomic E-state index is 0.465. The summed E-state index contributed by atoms with van der Waals surface area (Å²) in [6.07, 6.45) is 2.81. The Morgan fingerprint density at radius 3 is 2.59 bits per heavy atom. The molecule has 0 saturated heterocycles. The molecule has 2 heterocycles. The van der Waals surface area contributed by atoms with Crippen LogP contribution in [0, 0.1) is 0 Å². The minimum Gasteiger partial charge on any atom is -0.330 e. The van der Waals surface area contributed by atoms with Crippen LogP contribution >= 0.6 is 11.6 Å². The zero-order chi connectivity index (χ0) is 14.9. The highest BCUT2D eigenvalue weighted by molar-refractivity contribution is 6.35. The Kier molecular flexibility index (Phi) is 3.28. The van der Waals surface area contributed by atoms with E-state index in [4.69, 9.17) is 11.6 Å². The summed E-state index contributed by atoms with van der Waals surface area (Å²) in [6.45, 7) is 0.866. The summed E-state index contributed by atoms with van der Waals surface area (Å²) in [5.74, 6) is 0. The Morgan fingerprint density at radius 1 is 0.955 bits per heavy atom. The van der Waals surface area contributed by atoms with Crippen molar-refractivity contribution in [2.24, 2.45) is 0 Å². The van der Waals surface area contributed by atoms with Crippen LogP contribution in [-0.4, -0.2) is 14.5 Å². The Bertz CT molecular complexity index is 945. The normalized spacial score (nSPS) is 11.3. The lowest BCUT2D eigenvalue weighted by molar-refractivity contribution is 0.717. The van der Waals surface area contributed by atoms with Gasteiger partial charge >= 0.3 is 0 Å². The summed E-state index contributed by atoms with van der Waals surface area (Å²) < 4.78 is 2.16. The van der Waals surface area contributed by atoms with Crippen molar-refractivity contribution in [3.8, 4) is 0 Å². The van der Waals surface area contributed by atoms with Gasteiger partial charge in [0.1, 0.15) is 5.52 Å². The molecule has 3 nitrogen and oxygen atoms in total. The molecule has 0 amide bonds. The first-order valence-electron chi connectivity index (χ1n) is 7.26. The second-order valence-corrected chi connectivity index (χ2v) is 5.65. The number of nitrogens with zero attached hydrogens (tertiary/aromatic N) is 3. The lowest BCUT2D eigenvalue weighted by Crippen LogP contribution is -2.00. The summed E-state index contributed by atoms with van der Waals surface area (Å²) in [6, 6.07) is 18.5. The molecular weight excluding hydrogens is 294 g/mol. The van der Waals surface area contributed by atoms with Crippen molar-refractivity contribution in [3.05, 3.63) is 71.6 Å². The van der Waals surface area contributed by atoms with Crippen LogP contribution in [0.3, 0.4) is 0 Å². The number of imidazole rings is 1. The van der Waals surface area contributed by atoms with Gasteiger partial charge in [0.15, 0.2) is 5.15 Å². The van der Waals surface area contributed by atoms with E-state index in [-0.39, 0.29) is 0 Å². The molecule has 0 aliphatic rings. The van der Waals surface area contributed by atoms with Gasteiger partial charge in [-0.15, -0.1) is 0 Å². The van der Waals surface area contributed by atoms with Crippen LogP contribution in [0.1, 0.15) is 5.56 Å². The third-order valence-corrected chi connectivity index (χ3v) is 4.16. The van der Waals surface area contributed by atoms with E-state index < -0.39 is 0 Å². The molecule has 0 unspecified atom stereocenters. The number of rotatable bonds is 3. The number of hydrogen-bond donors (Lipinski definition) is 0. The molecule has 0 aliphatic heterocycles. The van der Waals surface area contributed by atoms with Gasteiger partial charge in [0.25, 0.3) is 0 Å². The van der Waals surface area contributed by atoms with E-state index in [1.54, 1.807) is 0 Å². The third-order valence-electron chi connectivity index (χ3n) is 3.90. The number of aryl methyl sites for hydroxylation is 2. The quantitative estimate of drug-likeness (QED) is 0.522. The molecule has 0 aliphatic carbocycles. The predicted molar refractivity (Wildman–Crippen MR) is 90.2 cm³/mol. The van der Waals surface area contributed by atoms with Crippen molar-refractivity contribution in [2.45, 2.75) is 13.0 Å². The van der Waals surface area contributed by atoms with Crippen molar-refractivity contribution in [1.29, 1.82) is 0 Å². The van der Waals surface area contributed by atoms with E-state index >= 15 is 0 Å².